The number of H-pyrrole nitrogens is 1. The second-order valence-electron chi connectivity index (χ2n) is 5.96. The molecule has 136 valence electrons. The van der Waals surface area contributed by atoms with Crippen LogP contribution in [0.15, 0.2) is 42.5 Å². The molecule has 1 aromatic heterocycles. The van der Waals surface area contributed by atoms with Gasteiger partial charge in [0.25, 0.3) is 5.91 Å². The predicted molar refractivity (Wildman–Crippen MR) is 103 cm³/mol. The minimum absolute atomic E-state index is 0.0948. The van der Waals surface area contributed by atoms with E-state index in [9.17, 15) is 4.79 Å². The van der Waals surface area contributed by atoms with Crippen molar-refractivity contribution in [1.29, 1.82) is 0 Å². The highest BCUT2D eigenvalue weighted by Crippen LogP contribution is 2.31. The Kier molecular flexibility index (Phi) is 5.38. The maximum absolute atomic E-state index is 12.7. The third-order valence-corrected chi connectivity index (χ3v) is 4.60. The van der Waals surface area contributed by atoms with Gasteiger partial charge < -0.3 is 19.8 Å². The van der Waals surface area contributed by atoms with Gasteiger partial charge in [0.2, 0.25) is 0 Å². The van der Waals surface area contributed by atoms with Crippen molar-refractivity contribution in [3.05, 3.63) is 58.7 Å². The minimum Gasteiger partial charge on any atom is -0.497 e. The summed E-state index contributed by atoms with van der Waals surface area (Å²) in [5.74, 6) is 1.13. The zero-order chi connectivity index (χ0) is 18.7. The zero-order valence-corrected chi connectivity index (χ0v) is 15.7. The third-order valence-electron chi connectivity index (χ3n) is 4.35. The van der Waals surface area contributed by atoms with Crippen molar-refractivity contribution in [2.24, 2.45) is 0 Å². The molecule has 1 amide bonds. The van der Waals surface area contributed by atoms with E-state index in [2.05, 4.69) is 10.3 Å². The molecule has 0 spiro atoms. The molecule has 1 atom stereocenters. The van der Waals surface area contributed by atoms with Gasteiger partial charge in [-0.2, -0.15) is 0 Å². The van der Waals surface area contributed by atoms with Crippen LogP contribution in [0.4, 0.5) is 0 Å². The first-order chi connectivity index (χ1) is 12.5. The van der Waals surface area contributed by atoms with E-state index in [1.807, 2.05) is 37.3 Å². The molecule has 5 nitrogen and oxygen atoms in total. The summed E-state index contributed by atoms with van der Waals surface area (Å²) in [4.78, 5) is 15.9. The summed E-state index contributed by atoms with van der Waals surface area (Å²) < 4.78 is 10.7. The highest BCUT2D eigenvalue weighted by Gasteiger charge is 2.17. The number of methoxy groups -OCH3 is 2. The van der Waals surface area contributed by atoms with Gasteiger partial charge in [-0.15, -0.1) is 0 Å². The van der Waals surface area contributed by atoms with Crippen molar-refractivity contribution < 1.29 is 14.3 Å². The Morgan fingerprint density at radius 2 is 1.88 bits per heavy atom. The van der Waals surface area contributed by atoms with E-state index in [0.29, 0.717) is 22.2 Å². The van der Waals surface area contributed by atoms with Crippen molar-refractivity contribution >= 4 is 28.4 Å². The minimum atomic E-state index is -0.177. The van der Waals surface area contributed by atoms with Crippen molar-refractivity contribution in [2.75, 3.05) is 14.2 Å². The van der Waals surface area contributed by atoms with Gasteiger partial charge in [0.05, 0.1) is 25.8 Å². The third kappa shape index (κ3) is 3.63. The second kappa shape index (κ2) is 7.70. The van der Waals surface area contributed by atoms with Gasteiger partial charge in [0, 0.05) is 16.5 Å². The number of carbonyl (C=O) groups excluding carboxylic acids is 1. The fraction of sp³-hybridized carbons (Fsp3) is 0.250. The molecule has 0 unspecified atom stereocenters. The monoisotopic (exact) mass is 372 g/mol. The summed E-state index contributed by atoms with van der Waals surface area (Å²) in [5, 5.41) is 4.59. The average molecular weight is 373 g/mol. The van der Waals surface area contributed by atoms with E-state index >= 15 is 0 Å². The number of nitrogens with one attached hydrogen (secondary N) is 2. The lowest BCUT2D eigenvalue weighted by Crippen LogP contribution is -2.28. The van der Waals surface area contributed by atoms with Crippen LogP contribution < -0.4 is 14.8 Å². The number of ether oxygens (including phenoxy) is 2. The smallest absolute Gasteiger partial charge is 0.268 e. The number of benzene rings is 2. The van der Waals surface area contributed by atoms with E-state index in [0.717, 1.165) is 22.9 Å². The van der Waals surface area contributed by atoms with Gasteiger partial charge in [0.15, 0.2) is 0 Å². The Balaban J connectivity index is 1.88. The maximum atomic E-state index is 12.7. The molecule has 0 aliphatic carbocycles. The molecule has 26 heavy (non-hydrogen) atoms. The molecule has 1 heterocycles. The average Bonchev–Trinajstić information content (AvgIpc) is 3.10. The molecular formula is C20H21ClN2O3. The fourth-order valence-electron chi connectivity index (χ4n) is 2.94. The van der Waals surface area contributed by atoms with E-state index in [4.69, 9.17) is 21.1 Å². The molecule has 0 fully saturated rings. The van der Waals surface area contributed by atoms with Crippen molar-refractivity contribution in [1.82, 2.24) is 10.3 Å². The predicted octanol–water partition coefficient (Wildman–Crippen LogP) is 4.72. The molecule has 0 aliphatic heterocycles. The van der Waals surface area contributed by atoms with Crippen LogP contribution in [0.5, 0.6) is 11.5 Å². The zero-order valence-electron chi connectivity index (χ0n) is 14.9. The van der Waals surface area contributed by atoms with Crippen LogP contribution in [-0.2, 0) is 0 Å². The van der Waals surface area contributed by atoms with E-state index in [1.54, 1.807) is 26.4 Å². The number of fused-ring (bicyclic) bond motifs is 1. The molecule has 0 bridgehead atoms. The number of aromatic nitrogens is 1. The first kappa shape index (κ1) is 18.1. The van der Waals surface area contributed by atoms with Gasteiger partial charge in [-0.1, -0.05) is 30.7 Å². The standard InChI is InChI=1S/C20H21ClN2O3/c1-4-16(12-5-7-14(21)8-6-12)23-20(24)17-10-13-9-15(25-2)11-18(26-3)19(13)22-17/h5-11,16,22H,4H2,1-3H3,(H,23,24)/t16-/m0/s1. The second-order valence-corrected chi connectivity index (χ2v) is 6.40. The largest absolute Gasteiger partial charge is 0.497 e. The normalized spacial score (nSPS) is 12.0. The number of hydrogen-bond acceptors (Lipinski definition) is 3. The van der Waals surface area contributed by atoms with Crippen LogP contribution in [0.2, 0.25) is 5.02 Å². The Labute approximate surface area is 157 Å². The number of amides is 1. The molecule has 0 saturated heterocycles. The quantitative estimate of drug-likeness (QED) is 0.658. The lowest BCUT2D eigenvalue weighted by molar-refractivity contribution is 0.0931. The number of halogens is 1. The SMILES string of the molecule is CC[C@H](NC(=O)c1cc2cc(OC)cc(OC)c2[nH]1)c1ccc(Cl)cc1. The van der Waals surface area contributed by atoms with Crippen molar-refractivity contribution in [3.63, 3.8) is 0 Å². The summed E-state index contributed by atoms with van der Waals surface area (Å²) in [5.41, 5.74) is 2.25. The summed E-state index contributed by atoms with van der Waals surface area (Å²) in [7, 11) is 3.18. The number of carbonyl (C=O) groups is 1. The first-order valence-corrected chi connectivity index (χ1v) is 8.74. The molecule has 2 N–H and O–H groups in total. The molecule has 0 radical (unpaired) electrons. The molecule has 3 aromatic rings. The summed E-state index contributed by atoms with van der Waals surface area (Å²) in [6, 6.07) is 12.8. The molecular weight excluding hydrogens is 352 g/mol. The number of aromatic amines is 1. The van der Waals surface area contributed by atoms with Crippen LogP contribution in [0.3, 0.4) is 0 Å². The Morgan fingerprint density at radius 3 is 2.50 bits per heavy atom. The fourth-order valence-corrected chi connectivity index (χ4v) is 3.06. The van der Waals surface area contributed by atoms with Crippen LogP contribution >= 0.6 is 11.6 Å². The van der Waals surface area contributed by atoms with Gasteiger partial charge >= 0.3 is 0 Å². The molecule has 0 aliphatic rings. The van der Waals surface area contributed by atoms with E-state index in [-0.39, 0.29) is 11.9 Å². The van der Waals surface area contributed by atoms with Gasteiger partial charge in [-0.3, -0.25) is 4.79 Å². The summed E-state index contributed by atoms with van der Waals surface area (Å²) in [6.07, 6.45) is 0.769. The lowest BCUT2D eigenvalue weighted by atomic mass is 10.0. The molecule has 3 rings (SSSR count). The topological polar surface area (TPSA) is 63.4 Å². The molecule has 6 heteroatoms. The Hall–Kier alpha value is -2.66. The maximum Gasteiger partial charge on any atom is 0.268 e. The molecule has 2 aromatic carbocycles. The van der Waals surface area contributed by atoms with Crippen molar-refractivity contribution in [3.8, 4) is 11.5 Å². The van der Waals surface area contributed by atoms with Crippen molar-refractivity contribution in [2.45, 2.75) is 19.4 Å². The highest BCUT2D eigenvalue weighted by molar-refractivity contribution is 6.30. The van der Waals surface area contributed by atoms with Gasteiger partial charge in [-0.25, -0.2) is 0 Å². The van der Waals surface area contributed by atoms with Crippen LogP contribution in [0, 0.1) is 0 Å². The van der Waals surface area contributed by atoms with Gasteiger partial charge in [-0.05, 0) is 36.2 Å². The molecule has 0 saturated carbocycles. The number of hydrogen-bond donors (Lipinski definition) is 2. The summed E-state index contributed by atoms with van der Waals surface area (Å²) >= 11 is 5.95. The number of rotatable bonds is 6. The first-order valence-electron chi connectivity index (χ1n) is 8.36. The van der Waals surface area contributed by atoms with E-state index < -0.39 is 0 Å². The van der Waals surface area contributed by atoms with Gasteiger partial charge in [0.1, 0.15) is 17.2 Å². The van der Waals surface area contributed by atoms with Crippen LogP contribution in [0.1, 0.15) is 35.4 Å². The lowest BCUT2D eigenvalue weighted by Gasteiger charge is -2.17. The Morgan fingerprint density at radius 1 is 1.15 bits per heavy atom. The van der Waals surface area contributed by atoms with E-state index in [1.165, 1.54) is 0 Å². The Bertz CT molecular complexity index is 919. The summed E-state index contributed by atoms with van der Waals surface area (Å²) in [6.45, 7) is 2.03. The highest BCUT2D eigenvalue weighted by atomic mass is 35.5. The van der Waals surface area contributed by atoms with Crippen LogP contribution in [0.25, 0.3) is 10.9 Å². The van der Waals surface area contributed by atoms with Crippen LogP contribution in [-0.4, -0.2) is 25.1 Å².